The first-order valence-electron chi connectivity index (χ1n) is 5.01. The lowest BCUT2D eigenvalue weighted by molar-refractivity contribution is -0.118. The average molecular weight is 185 g/mol. The Hall–Kier alpha value is -0.410. The molecular weight excluding hydrogens is 166 g/mol. The first kappa shape index (κ1) is 10.7. The molecule has 0 bridgehead atoms. The van der Waals surface area contributed by atoms with Crippen molar-refractivity contribution in [3.05, 3.63) is 0 Å². The van der Waals surface area contributed by atoms with Gasteiger partial charge in [-0.1, -0.05) is 0 Å². The molecule has 1 aliphatic rings. The van der Waals surface area contributed by atoms with E-state index in [1.54, 1.807) is 6.92 Å². The van der Waals surface area contributed by atoms with Crippen LogP contribution in [-0.4, -0.2) is 43.0 Å². The van der Waals surface area contributed by atoms with E-state index in [-0.39, 0.29) is 5.78 Å². The molecule has 1 saturated heterocycles. The maximum absolute atomic E-state index is 10.9. The minimum Gasteiger partial charge on any atom is -0.380 e. The zero-order chi connectivity index (χ0) is 9.68. The van der Waals surface area contributed by atoms with Crippen molar-refractivity contribution < 1.29 is 9.53 Å². The van der Waals surface area contributed by atoms with Crippen molar-refractivity contribution in [1.82, 2.24) is 4.90 Å². The molecule has 1 fully saturated rings. The van der Waals surface area contributed by atoms with E-state index in [1.165, 1.54) is 0 Å². The molecule has 3 nitrogen and oxygen atoms in total. The maximum Gasteiger partial charge on any atom is 0.131 e. The highest BCUT2D eigenvalue weighted by molar-refractivity contribution is 5.76. The number of hydrogen-bond acceptors (Lipinski definition) is 3. The summed E-state index contributed by atoms with van der Waals surface area (Å²) in [5, 5.41) is 0. The fourth-order valence-corrected chi connectivity index (χ4v) is 1.75. The first-order chi connectivity index (χ1) is 6.20. The van der Waals surface area contributed by atoms with Gasteiger partial charge in [-0.15, -0.1) is 0 Å². The molecule has 1 rings (SSSR count). The van der Waals surface area contributed by atoms with Crippen LogP contribution in [0.1, 0.15) is 26.7 Å². The van der Waals surface area contributed by atoms with E-state index in [4.69, 9.17) is 4.74 Å². The number of ether oxygens (including phenoxy) is 1. The molecule has 1 heterocycles. The summed E-state index contributed by atoms with van der Waals surface area (Å²) in [5.74, 6) is 0.276. The van der Waals surface area contributed by atoms with Gasteiger partial charge < -0.3 is 4.74 Å². The van der Waals surface area contributed by atoms with Gasteiger partial charge in [-0.3, -0.25) is 9.69 Å². The molecule has 1 atom stereocenters. The van der Waals surface area contributed by atoms with Gasteiger partial charge in [-0.25, -0.2) is 0 Å². The molecule has 0 spiro atoms. The van der Waals surface area contributed by atoms with Crippen LogP contribution in [0.2, 0.25) is 0 Å². The fourth-order valence-electron chi connectivity index (χ4n) is 1.75. The normalized spacial score (nSPS) is 22.3. The van der Waals surface area contributed by atoms with Crippen molar-refractivity contribution in [2.45, 2.75) is 32.7 Å². The fraction of sp³-hybridized carbons (Fsp3) is 0.900. The molecule has 1 unspecified atom stereocenters. The Balaban J connectivity index is 2.34. The van der Waals surface area contributed by atoms with Crippen molar-refractivity contribution in [2.24, 2.45) is 0 Å². The van der Waals surface area contributed by atoms with Crippen LogP contribution in [0.15, 0.2) is 0 Å². The number of carbonyl (C=O) groups is 1. The van der Waals surface area contributed by atoms with E-state index in [2.05, 4.69) is 11.8 Å². The van der Waals surface area contributed by atoms with E-state index in [0.717, 1.165) is 32.7 Å². The van der Waals surface area contributed by atoms with Crippen LogP contribution in [0.25, 0.3) is 0 Å². The molecule has 13 heavy (non-hydrogen) atoms. The predicted octanol–water partition coefficient (Wildman–Crippen LogP) is 1.08. The van der Waals surface area contributed by atoms with Gasteiger partial charge in [0.1, 0.15) is 5.78 Å². The van der Waals surface area contributed by atoms with E-state index in [0.29, 0.717) is 12.5 Å². The van der Waals surface area contributed by atoms with Gasteiger partial charge in [0.2, 0.25) is 0 Å². The van der Waals surface area contributed by atoms with Crippen LogP contribution >= 0.6 is 0 Å². The van der Waals surface area contributed by atoms with Crippen LogP contribution in [0.5, 0.6) is 0 Å². The quantitative estimate of drug-likeness (QED) is 0.659. The number of carbonyl (C=O) groups excluding carboxylic acids is 1. The summed E-state index contributed by atoms with van der Waals surface area (Å²) in [5.41, 5.74) is 0. The molecule has 76 valence electrons. The lowest BCUT2D eigenvalue weighted by atomic mass is 10.1. The monoisotopic (exact) mass is 185 g/mol. The molecule has 0 aromatic carbocycles. The summed E-state index contributed by atoms with van der Waals surface area (Å²) in [6.07, 6.45) is 1.75. The summed E-state index contributed by atoms with van der Waals surface area (Å²) >= 11 is 0. The summed E-state index contributed by atoms with van der Waals surface area (Å²) in [4.78, 5) is 13.3. The molecule has 0 amide bonds. The Morgan fingerprint density at radius 2 is 2.23 bits per heavy atom. The van der Waals surface area contributed by atoms with Gasteiger partial charge in [0.15, 0.2) is 0 Å². The largest absolute Gasteiger partial charge is 0.380 e. The Bertz CT molecular complexity index is 162. The summed E-state index contributed by atoms with van der Waals surface area (Å²) in [6.45, 7) is 7.48. The van der Waals surface area contributed by atoms with Crippen LogP contribution in [-0.2, 0) is 9.53 Å². The van der Waals surface area contributed by atoms with Gasteiger partial charge >= 0.3 is 0 Å². The van der Waals surface area contributed by atoms with Gasteiger partial charge in [0.05, 0.1) is 6.61 Å². The van der Waals surface area contributed by atoms with Crippen LogP contribution in [0.4, 0.5) is 0 Å². The molecular formula is C10H19NO2. The number of rotatable bonds is 3. The average Bonchev–Trinajstić information content (AvgIpc) is 2.29. The third kappa shape index (κ3) is 3.87. The minimum atomic E-state index is 0.276. The number of ketones is 1. The topological polar surface area (TPSA) is 29.5 Å². The first-order valence-corrected chi connectivity index (χ1v) is 5.01. The highest BCUT2D eigenvalue weighted by atomic mass is 16.5. The van der Waals surface area contributed by atoms with Gasteiger partial charge in [0, 0.05) is 32.2 Å². The Morgan fingerprint density at radius 3 is 2.92 bits per heavy atom. The molecule has 0 aliphatic carbocycles. The van der Waals surface area contributed by atoms with Gasteiger partial charge in [-0.05, 0) is 20.3 Å². The Morgan fingerprint density at radius 1 is 1.46 bits per heavy atom. The Kier molecular flexibility index (Phi) is 4.39. The molecule has 1 aliphatic heterocycles. The van der Waals surface area contributed by atoms with Crippen molar-refractivity contribution in [3.8, 4) is 0 Å². The maximum atomic E-state index is 10.9. The number of Topliss-reactive ketones (excluding diaryl/α,β-unsaturated/α-hetero) is 1. The zero-order valence-electron chi connectivity index (χ0n) is 8.58. The summed E-state index contributed by atoms with van der Waals surface area (Å²) < 4.78 is 5.35. The van der Waals surface area contributed by atoms with Crippen molar-refractivity contribution in [1.29, 1.82) is 0 Å². The molecule has 0 aromatic heterocycles. The van der Waals surface area contributed by atoms with Crippen LogP contribution in [0.3, 0.4) is 0 Å². The second kappa shape index (κ2) is 5.35. The zero-order valence-corrected chi connectivity index (χ0v) is 8.58. The van der Waals surface area contributed by atoms with Crippen molar-refractivity contribution >= 4 is 5.78 Å². The molecule has 0 radical (unpaired) electrons. The molecule has 3 heteroatoms. The second-order valence-electron chi connectivity index (χ2n) is 3.76. The minimum absolute atomic E-state index is 0.276. The second-order valence-corrected chi connectivity index (χ2v) is 3.76. The lowest BCUT2D eigenvalue weighted by Gasteiger charge is -2.25. The summed E-state index contributed by atoms with van der Waals surface area (Å²) in [6, 6.07) is 0.374. The summed E-state index contributed by atoms with van der Waals surface area (Å²) in [7, 11) is 0. The predicted molar refractivity (Wildman–Crippen MR) is 51.8 cm³/mol. The molecule has 0 N–H and O–H groups in total. The molecule has 0 saturated carbocycles. The highest BCUT2D eigenvalue weighted by Crippen LogP contribution is 2.07. The van der Waals surface area contributed by atoms with Crippen molar-refractivity contribution in [3.63, 3.8) is 0 Å². The van der Waals surface area contributed by atoms with E-state index < -0.39 is 0 Å². The Labute approximate surface area is 80.1 Å². The smallest absolute Gasteiger partial charge is 0.131 e. The van der Waals surface area contributed by atoms with E-state index in [9.17, 15) is 4.79 Å². The van der Waals surface area contributed by atoms with E-state index in [1.807, 2.05) is 0 Å². The van der Waals surface area contributed by atoms with Crippen LogP contribution < -0.4 is 0 Å². The lowest BCUT2D eigenvalue weighted by Crippen LogP contribution is -2.36. The third-order valence-corrected chi connectivity index (χ3v) is 2.46. The highest BCUT2D eigenvalue weighted by Gasteiger charge is 2.16. The van der Waals surface area contributed by atoms with Gasteiger partial charge in [0.25, 0.3) is 0 Å². The third-order valence-electron chi connectivity index (χ3n) is 2.46. The van der Waals surface area contributed by atoms with Gasteiger partial charge in [-0.2, -0.15) is 0 Å². The van der Waals surface area contributed by atoms with Crippen molar-refractivity contribution in [2.75, 3.05) is 26.3 Å². The van der Waals surface area contributed by atoms with Crippen LogP contribution in [0, 0.1) is 0 Å². The number of hydrogen-bond donors (Lipinski definition) is 0. The standard InChI is InChI=1S/C10H19NO2/c1-9(8-10(2)12)11-4-3-6-13-7-5-11/h9H,3-8H2,1-2H3. The SMILES string of the molecule is CC(=O)CC(C)N1CCCOCC1. The van der Waals surface area contributed by atoms with E-state index >= 15 is 0 Å². The number of nitrogens with zero attached hydrogens (tertiary/aromatic N) is 1. The molecule has 0 aromatic rings.